The van der Waals surface area contributed by atoms with Crippen molar-refractivity contribution in [1.82, 2.24) is 9.97 Å². The summed E-state index contributed by atoms with van der Waals surface area (Å²) in [5, 5.41) is 0.500. The molecule has 0 aliphatic rings. The predicted molar refractivity (Wildman–Crippen MR) is 82.8 cm³/mol. The van der Waals surface area contributed by atoms with Gasteiger partial charge in [-0.25, -0.2) is 9.97 Å². The van der Waals surface area contributed by atoms with Gasteiger partial charge in [0, 0.05) is 17.6 Å². The first kappa shape index (κ1) is 14.5. The Labute approximate surface area is 131 Å². The lowest BCUT2D eigenvalue weighted by molar-refractivity contribution is -0.134. The van der Waals surface area contributed by atoms with Crippen molar-refractivity contribution in [3.05, 3.63) is 41.6 Å². The fourth-order valence-corrected chi connectivity index (χ4v) is 2.19. The molecule has 0 amide bonds. The molecule has 2 aromatic heterocycles. The summed E-state index contributed by atoms with van der Waals surface area (Å²) in [6.07, 6.45) is 2.68. The van der Waals surface area contributed by atoms with Gasteiger partial charge in [0.25, 0.3) is 0 Å². The predicted octanol–water partition coefficient (Wildman–Crippen LogP) is 4.25. The number of fused-ring (bicyclic) bond motifs is 1. The monoisotopic (exact) mass is 316 g/mol. The lowest BCUT2D eigenvalue weighted by atomic mass is 10.2. The number of rotatable bonds is 4. The number of esters is 1. The molecule has 0 saturated carbocycles. The molecule has 3 aromatic rings. The highest BCUT2D eigenvalue weighted by molar-refractivity contribution is 6.30. The van der Waals surface area contributed by atoms with Crippen molar-refractivity contribution in [2.24, 2.45) is 0 Å². The van der Waals surface area contributed by atoms with Crippen LogP contribution < -0.4 is 4.74 Å². The van der Waals surface area contributed by atoms with Crippen LogP contribution in [0.4, 0.5) is 0 Å². The molecule has 0 bridgehead atoms. The summed E-state index contributed by atoms with van der Waals surface area (Å²) in [4.78, 5) is 20.2. The molecule has 0 spiro atoms. The Hall–Kier alpha value is -2.40. The van der Waals surface area contributed by atoms with E-state index in [1.54, 1.807) is 36.5 Å². The van der Waals surface area contributed by atoms with Crippen LogP contribution in [0.2, 0.25) is 5.02 Å². The number of carbonyl (C=O) groups is 1. The number of nitrogens with zero attached hydrogens (tertiary/aromatic N) is 2. The zero-order valence-electron chi connectivity index (χ0n) is 11.9. The second-order valence-electron chi connectivity index (χ2n) is 4.71. The number of carbonyl (C=O) groups excluding carboxylic acids is 1. The maximum Gasteiger partial charge on any atom is 0.311 e. The molecule has 1 aromatic carbocycles. The second kappa shape index (κ2) is 6.15. The number of pyridine rings is 1. The van der Waals surface area contributed by atoms with Crippen molar-refractivity contribution >= 4 is 28.8 Å². The Morgan fingerprint density at radius 1 is 1.36 bits per heavy atom. The average Bonchev–Trinajstić information content (AvgIpc) is 2.93. The van der Waals surface area contributed by atoms with Gasteiger partial charge in [0.05, 0.1) is 5.56 Å². The summed E-state index contributed by atoms with van der Waals surface area (Å²) < 4.78 is 11.0. The van der Waals surface area contributed by atoms with Gasteiger partial charge >= 0.3 is 5.97 Å². The van der Waals surface area contributed by atoms with Gasteiger partial charge in [0.2, 0.25) is 11.6 Å². The SMILES string of the molecule is CCCC(=O)Oc1ccc(Cl)cc1-c1nc2cccnc2o1. The maximum absolute atomic E-state index is 11.7. The molecule has 0 N–H and O–H groups in total. The van der Waals surface area contributed by atoms with Crippen LogP contribution in [0.5, 0.6) is 5.75 Å². The number of hydrogen-bond acceptors (Lipinski definition) is 5. The average molecular weight is 317 g/mol. The topological polar surface area (TPSA) is 65.2 Å². The van der Waals surface area contributed by atoms with Crippen molar-refractivity contribution in [3.63, 3.8) is 0 Å². The molecule has 0 saturated heterocycles. The highest BCUT2D eigenvalue weighted by Gasteiger charge is 2.16. The largest absolute Gasteiger partial charge is 0.426 e. The van der Waals surface area contributed by atoms with Crippen molar-refractivity contribution in [1.29, 1.82) is 0 Å². The molecule has 0 fully saturated rings. The number of oxazole rings is 1. The minimum absolute atomic E-state index is 0.305. The van der Waals surface area contributed by atoms with Crippen LogP contribution >= 0.6 is 11.6 Å². The molecule has 22 heavy (non-hydrogen) atoms. The van der Waals surface area contributed by atoms with Crippen LogP contribution in [0, 0.1) is 0 Å². The van der Waals surface area contributed by atoms with Gasteiger partial charge in [-0.15, -0.1) is 0 Å². The highest BCUT2D eigenvalue weighted by Crippen LogP contribution is 2.33. The number of ether oxygens (including phenoxy) is 1. The molecule has 0 atom stereocenters. The number of aromatic nitrogens is 2. The lowest BCUT2D eigenvalue weighted by Gasteiger charge is -2.07. The third kappa shape index (κ3) is 2.94. The summed E-state index contributed by atoms with van der Waals surface area (Å²) in [6.45, 7) is 1.91. The van der Waals surface area contributed by atoms with E-state index in [0.29, 0.717) is 46.3 Å². The molecule has 3 rings (SSSR count). The molecule has 5 nitrogen and oxygen atoms in total. The number of hydrogen-bond donors (Lipinski definition) is 0. The van der Waals surface area contributed by atoms with Gasteiger partial charge in [-0.3, -0.25) is 4.79 Å². The number of halogens is 1. The summed E-state index contributed by atoms with van der Waals surface area (Å²) in [5.41, 5.74) is 1.57. The van der Waals surface area contributed by atoms with Gasteiger partial charge in [-0.1, -0.05) is 18.5 Å². The quantitative estimate of drug-likeness (QED) is 0.532. The van der Waals surface area contributed by atoms with Gasteiger partial charge in [-0.05, 0) is 36.8 Å². The molecular formula is C16H13ClN2O3. The minimum atomic E-state index is -0.305. The molecule has 0 aliphatic heterocycles. The summed E-state index contributed by atoms with van der Waals surface area (Å²) in [7, 11) is 0. The van der Waals surface area contributed by atoms with E-state index < -0.39 is 0 Å². The van der Waals surface area contributed by atoms with E-state index >= 15 is 0 Å². The van der Waals surface area contributed by atoms with Crippen LogP contribution in [-0.4, -0.2) is 15.9 Å². The Bertz CT molecular complexity index is 796. The van der Waals surface area contributed by atoms with Crippen LogP contribution in [0.3, 0.4) is 0 Å². The fraction of sp³-hybridized carbons (Fsp3) is 0.188. The van der Waals surface area contributed by atoms with Gasteiger partial charge < -0.3 is 9.15 Å². The Balaban J connectivity index is 2.04. The number of benzene rings is 1. The first-order chi connectivity index (χ1) is 10.7. The molecule has 0 radical (unpaired) electrons. The van der Waals surface area contributed by atoms with Crippen molar-refractivity contribution in [3.8, 4) is 17.2 Å². The van der Waals surface area contributed by atoms with E-state index in [2.05, 4.69) is 9.97 Å². The van der Waals surface area contributed by atoms with E-state index in [4.69, 9.17) is 20.8 Å². The van der Waals surface area contributed by atoms with Gasteiger partial charge in [0.1, 0.15) is 11.3 Å². The summed E-state index contributed by atoms with van der Waals surface area (Å²) >= 11 is 6.04. The van der Waals surface area contributed by atoms with E-state index in [1.165, 1.54) is 0 Å². The van der Waals surface area contributed by atoms with Crippen LogP contribution in [0.25, 0.3) is 22.7 Å². The molecule has 0 unspecified atom stereocenters. The Morgan fingerprint density at radius 3 is 3.00 bits per heavy atom. The highest BCUT2D eigenvalue weighted by atomic mass is 35.5. The Kier molecular flexibility index (Phi) is 4.06. The smallest absolute Gasteiger partial charge is 0.311 e. The van der Waals surface area contributed by atoms with Crippen molar-refractivity contribution in [2.45, 2.75) is 19.8 Å². The van der Waals surface area contributed by atoms with Crippen LogP contribution in [0.15, 0.2) is 40.9 Å². The normalized spacial score (nSPS) is 10.8. The van der Waals surface area contributed by atoms with E-state index in [-0.39, 0.29) is 5.97 Å². The third-order valence-electron chi connectivity index (χ3n) is 3.02. The van der Waals surface area contributed by atoms with Crippen molar-refractivity contribution in [2.75, 3.05) is 0 Å². The first-order valence-corrected chi connectivity index (χ1v) is 7.27. The third-order valence-corrected chi connectivity index (χ3v) is 3.25. The minimum Gasteiger partial charge on any atom is -0.426 e. The lowest BCUT2D eigenvalue weighted by Crippen LogP contribution is -2.07. The molecule has 0 aliphatic carbocycles. The zero-order valence-corrected chi connectivity index (χ0v) is 12.6. The Morgan fingerprint density at radius 2 is 2.23 bits per heavy atom. The molecule has 112 valence electrons. The maximum atomic E-state index is 11.7. The summed E-state index contributed by atoms with van der Waals surface area (Å²) in [6, 6.07) is 8.51. The van der Waals surface area contributed by atoms with Crippen LogP contribution in [-0.2, 0) is 4.79 Å². The molecule has 2 heterocycles. The van der Waals surface area contributed by atoms with E-state index in [9.17, 15) is 4.79 Å². The fourth-order valence-electron chi connectivity index (χ4n) is 2.02. The van der Waals surface area contributed by atoms with Gasteiger partial charge in [0.15, 0.2) is 0 Å². The van der Waals surface area contributed by atoms with E-state index in [1.807, 2.05) is 6.92 Å². The first-order valence-electron chi connectivity index (χ1n) is 6.89. The van der Waals surface area contributed by atoms with Crippen LogP contribution in [0.1, 0.15) is 19.8 Å². The second-order valence-corrected chi connectivity index (χ2v) is 5.15. The molecule has 6 heteroatoms. The standard InChI is InChI=1S/C16H13ClN2O3/c1-2-4-14(20)21-13-7-6-10(17)9-11(13)15-19-12-5-3-8-18-16(12)22-15/h3,5-9H,2,4H2,1H3. The van der Waals surface area contributed by atoms with Gasteiger partial charge in [-0.2, -0.15) is 0 Å². The zero-order chi connectivity index (χ0) is 15.5. The van der Waals surface area contributed by atoms with Crippen molar-refractivity contribution < 1.29 is 13.9 Å². The molecular weight excluding hydrogens is 304 g/mol. The summed E-state index contributed by atoms with van der Waals surface area (Å²) in [5.74, 6) is 0.380. The van der Waals surface area contributed by atoms with E-state index in [0.717, 1.165) is 0 Å².